The van der Waals surface area contributed by atoms with Crippen LogP contribution in [-0.4, -0.2) is 52.4 Å². The van der Waals surface area contributed by atoms with Gasteiger partial charge in [0.2, 0.25) is 5.91 Å². The average molecular weight is 415 g/mol. The molecule has 0 saturated heterocycles. The summed E-state index contributed by atoms with van der Waals surface area (Å²) in [5.41, 5.74) is 5.94. The van der Waals surface area contributed by atoms with Gasteiger partial charge in [0.15, 0.2) is 5.65 Å². The summed E-state index contributed by atoms with van der Waals surface area (Å²) < 4.78 is 3.41. The lowest BCUT2D eigenvalue weighted by molar-refractivity contribution is -0.130. The molecule has 5 rings (SSSR count). The predicted octanol–water partition coefficient (Wildman–Crippen LogP) is 2.83. The number of nitrogens with one attached hydrogen (secondary N) is 1. The van der Waals surface area contributed by atoms with Crippen molar-refractivity contribution in [2.45, 2.75) is 32.9 Å². The van der Waals surface area contributed by atoms with Gasteiger partial charge in [0.1, 0.15) is 11.2 Å². The number of nitrogens with zero attached hydrogens (tertiary/aromatic N) is 8. The topological polar surface area (TPSA) is 102 Å². The van der Waals surface area contributed by atoms with E-state index >= 15 is 0 Å². The highest BCUT2D eigenvalue weighted by Gasteiger charge is 2.24. The summed E-state index contributed by atoms with van der Waals surface area (Å²) in [4.78, 5) is 30.6. The molecule has 1 N–H and O–H groups in total. The molecule has 4 bridgehead atoms. The number of aromatic amines is 1. The number of aryl methyl sites for hydroxylation is 3. The van der Waals surface area contributed by atoms with Gasteiger partial charge in [0, 0.05) is 43.5 Å². The lowest BCUT2D eigenvalue weighted by Gasteiger charge is -2.16. The molecule has 0 saturated carbocycles. The molecule has 0 aliphatic carbocycles. The van der Waals surface area contributed by atoms with Crippen LogP contribution < -0.4 is 0 Å². The van der Waals surface area contributed by atoms with Crippen LogP contribution in [0.4, 0.5) is 5.82 Å². The highest BCUT2D eigenvalue weighted by molar-refractivity contribution is 5.92. The van der Waals surface area contributed by atoms with Crippen LogP contribution >= 0.6 is 0 Å². The first-order valence-electron chi connectivity index (χ1n) is 10.0. The van der Waals surface area contributed by atoms with E-state index in [2.05, 4.69) is 25.0 Å². The number of rotatable bonds is 0. The maximum absolute atomic E-state index is 12.7. The molecule has 4 aromatic heterocycles. The highest BCUT2D eigenvalue weighted by atomic mass is 16.2. The molecule has 156 valence electrons. The van der Waals surface area contributed by atoms with Crippen LogP contribution in [0.2, 0.25) is 0 Å². The number of hydrogen-bond donors (Lipinski definition) is 1. The first-order chi connectivity index (χ1) is 15.0. The van der Waals surface area contributed by atoms with Gasteiger partial charge in [-0.25, -0.2) is 14.6 Å². The van der Waals surface area contributed by atoms with Crippen molar-refractivity contribution in [3.05, 3.63) is 41.4 Å². The fourth-order valence-electron chi connectivity index (χ4n) is 4.08. The molecule has 1 amide bonds. The predicted molar refractivity (Wildman–Crippen MR) is 114 cm³/mol. The highest BCUT2D eigenvalue weighted by Crippen LogP contribution is 2.35. The Balaban J connectivity index is 1.78. The Morgan fingerprint density at radius 3 is 2.87 bits per heavy atom. The summed E-state index contributed by atoms with van der Waals surface area (Å²) in [6.45, 7) is 10.6. The summed E-state index contributed by atoms with van der Waals surface area (Å²) in [5.74, 6) is 0.392. The van der Waals surface area contributed by atoms with Crippen LogP contribution in [0, 0.1) is 13.5 Å². The Morgan fingerprint density at radius 1 is 1.23 bits per heavy atom. The van der Waals surface area contributed by atoms with E-state index in [1.54, 1.807) is 25.2 Å². The van der Waals surface area contributed by atoms with Gasteiger partial charge in [0.05, 0.1) is 36.7 Å². The molecule has 4 aromatic rings. The van der Waals surface area contributed by atoms with Gasteiger partial charge in [-0.15, -0.1) is 5.10 Å². The van der Waals surface area contributed by atoms with Gasteiger partial charge in [0.25, 0.3) is 5.82 Å². The second kappa shape index (κ2) is 7.05. The zero-order valence-electron chi connectivity index (χ0n) is 17.5. The number of fused-ring (bicyclic) bond motifs is 6. The maximum Gasteiger partial charge on any atom is 0.261 e. The third-order valence-corrected chi connectivity index (χ3v) is 5.66. The van der Waals surface area contributed by atoms with E-state index < -0.39 is 0 Å². The summed E-state index contributed by atoms with van der Waals surface area (Å²) in [6.07, 6.45) is 6.61. The van der Waals surface area contributed by atoms with Crippen molar-refractivity contribution < 1.29 is 4.79 Å². The van der Waals surface area contributed by atoms with Crippen molar-refractivity contribution in [1.82, 2.24) is 39.4 Å². The molecule has 10 heteroatoms. The molecule has 1 aliphatic rings. The van der Waals surface area contributed by atoms with Crippen LogP contribution in [-0.2, 0) is 24.9 Å². The number of amides is 1. The minimum Gasteiger partial charge on any atom is -0.362 e. The van der Waals surface area contributed by atoms with Crippen molar-refractivity contribution >= 4 is 22.9 Å². The summed E-state index contributed by atoms with van der Waals surface area (Å²) in [7, 11) is 3.48. The van der Waals surface area contributed by atoms with Crippen molar-refractivity contribution in [3.63, 3.8) is 0 Å². The fourth-order valence-corrected chi connectivity index (χ4v) is 4.08. The largest absolute Gasteiger partial charge is 0.362 e. The first-order valence-corrected chi connectivity index (χ1v) is 10.0. The van der Waals surface area contributed by atoms with E-state index in [9.17, 15) is 4.79 Å². The van der Waals surface area contributed by atoms with Crippen molar-refractivity contribution in [2.75, 3.05) is 7.05 Å². The molecule has 0 fully saturated rings. The first kappa shape index (κ1) is 19.0. The van der Waals surface area contributed by atoms with Crippen LogP contribution in [0.1, 0.15) is 24.2 Å². The normalized spacial score (nSPS) is 14.4. The van der Waals surface area contributed by atoms with Gasteiger partial charge in [-0.05, 0) is 13.3 Å². The number of hydrogen-bond acceptors (Lipinski definition) is 5. The molecule has 0 radical (unpaired) electrons. The van der Waals surface area contributed by atoms with Gasteiger partial charge in [-0.2, -0.15) is 5.10 Å². The molecule has 0 spiro atoms. The zero-order chi connectivity index (χ0) is 21.7. The lowest BCUT2D eigenvalue weighted by atomic mass is 10.1. The van der Waals surface area contributed by atoms with Crippen LogP contribution in [0.5, 0.6) is 0 Å². The maximum atomic E-state index is 12.7. The smallest absolute Gasteiger partial charge is 0.261 e. The molecule has 31 heavy (non-hydrogen) atoms. The van der Waals surface area contributed by atoms with Crippen LogP contribution in [0.3, 0.4) is 0 Å². The van der Waals surface area contributed by atoms with Crippen molar-refractivity contribution in [2.24, 2.45) is 7.05 Å². The lowest BCUT2D eigenvalue weighted by Crippen LogP contribution is -2.26. The van der Waals surface area contributed by atoms with E-state index in [0.29, 0.717) is 59.9 Å². The van der Waals surface area contributed by atoms with Gasteiger partial charge >= 0.3 is 0 Å². The second-order valence-electron chi connectivity index (χ2n) is 7.78. The molecule has 0 atom stereocenters. The molecular formula is C21H21N9O. The second-order valence-corrected chi connectivity index (χ2v) is 7.78. The fraction of sp³-hybridized carbons (Fsp3) is 0.333. The molecule has 10 nitrogen and oxygen atoms in total. The summed E-state index contributed by atoms with van der Waals surface area (Å²) in [6, 6.07) is 0. The Labute approximate surface area is 178 Å². The van der Waals surface area contributed by atoms with E-state index in [4.69, 9.17) is 11.6 Å². The van der Waals surface area contributed by atoms with Crippen LogP contribution in [0.25, 0.3) is 38.4 Å². The Bertz CT molecular complexity index is 1370. The number of carbonyl (C=O) groups excluding carboxylic acids is 1. The van der Waals surface area contributed by atoms with E-state index in [1.165, 1.54) is 4.68 Å². The Kier molecular flexibility index (Phi) is 4.32. The van der Waals surface area contributed by atoms with E-state index in [0.717, 1.165) is 16.8 Å². The zero-order valence-corrected chi connectivity index (χ0v) is 17.5. The summed E-state index contributed by atoms with van der Waals surface area (Å²) in [5, 5.41) is 9.14. The average Bonchev–Trinajstić information content (AvgIpc) is 3.41. The molecule has 1 aliphatic heterocycles. The quantitative estimate of drug-likeness (QED) is 0.445. The standard InChI is InChI=1S/C21H21N9O/c1-12-14-10-30(26-12)7-5-6-17(31)28(3)11-16-18(21(22-2)29(4)27-16)15-9-24-20-19(25-15)13(14)8-23-20/h8-10H,5-7,11H2,1,3-4H3,(H,23,24). The molecule has 5 heterocycles. The summed E-state index contributed by atoms with van der Waals surface area (Å²) >= 11 is 0. The molecule has 0 aromatic carbocycles. The van der Waals surface area contributed by atoms with Gasteiger partial charge in [-0.1, -0.05) is 6.57 Å². The number of H-pyrrole nitrogens is 1. The SMILES string of the molecule is [C-]#[N+]c1c2c(nn1C)CN(C)C(=O)CCCn1cc(c(C)n1)-c1c[nH]c3ncc-2nc13. The Hall–Kier alpha value is -4.00. The minimum atomic E-state index is 0.0213. The minimum absolute atomic E-state index is 0.0213. The third kappa shape index (κ3) is 3.06. The van der Waals surface area contributed by atoms with Crippen molar-refractivity contribution in [3.8, 4) is 22.4 Å². The monoisotopic (exact) mass is 415 g/mol. The van der Waals surface area contributed by atoms with Gasteiger partial charge in [-0.3, -0.25) is 9.48 Å². The van der Waals surface area contributed by atoms with Gasteiger partial charge < -0.3 is 14.7 Å². The number of aromatic nitrogens is 7. The molecule has 0 unspecified atom stereocenters. The van der Waals surface area contributed by atoms with Crippen LogP contribution in [0.15, 0.2) is 18.6 Å². The van der Waals surface area contributed by atoms with E-state index in [-0.39, 0.29) is 5.91 Å². The van der Waals surface area contributed by atoms with Crippen molar-refractivity contribution in [1.29, 1.82) is 0 Å². The Morgan fingerprint density at radius 2 is 2.06 bits per heavy atom. The van der Waals surface area contributed by atoms with E-state index in [1.807, 2.05) is 24.0 Å². The number of carbonyl (C=O) groups is 1. The third-order valence-electron chi connectivity index (χ3n) is 5.66. The molecular weight excluding hydrogens is 394 g/mol.